The van der Waals surface area contributed by atoms with E-state index in [4.69, 9.17) is 0 Å². The molecule has 2 aromatic heterocycles. The van der Waals surface area contributed by atoms with E-state index in [2.05, 4.69) is 17.2 Å². The minimum Gasteiger partial charge on any atom is -0.325 e. The molecule has 0 spiro atoms. The first-order chi connectivity index (χ1) is 16.1. The number of amides is 1. The zero-order chi connectivity index (χ0) is 22.8. The molecule has 0 bridgehead atoms. The van der Waals surface area contributed by atoms with Gasteiger partial charge in [-0.2, -0.15) is 0 Å². The molecule has 0 unspecified atom stereocenters. The van der Waals surface area contributed by atoms with E-state index in [9.17, 15) is 9.59 Å². The summed E-state index contributed by atoms with van der Waals surface area (Å²) < 4.78 is 3.37. The summed E-state index contributed by atoms with van der Waals surface area (Å²) in [5.74, 6) is -0.191. The minimum atomic E-state index is -0.191. The van der Waals surface area contributed by atoms with Crippen molar-refractivity contribution in [2.75, 3.05) is 5.32 Å². The summed E-state index contributed by atoms with van der Waals surface area (Å²) in [4.78, 5) is 31.1. The number of hydrogen-bond donors (Lipinski definition) is 1. The van der Waals surface area contributed by atoms with Gasteiger partial charge >= 0.3 is 0 Å². The van der Waals surface area contributed by atoms with Gasteiger partial charge in [-0.1, -0.05) is 67.6 Å². The van der Waals surface area contributed by atoms with Gasteiger partial charge in [-0.3, -0.25) is 14.2 Å². The lowest BCUT2D eigenvalue weighted by molar-refractivity contribution is -0.116. The van der Waals surface area contributed by atoms with Crippen molar-refractivity contribution in [2.45, 2.75) is 26.4 Å². The van der Waals surface area contributed by atoms with E-state index in [1.165, 1.54) is 0 Å². The van der Waals surface area contributed by atoms with E-state index in [1.54, 1.807) is 15.5 Å². The number of carbonyl (C=O) groups is 1. The SMILES string of the molecule is CCc1cccc(NC(=O)Cn2c3ccccc3c3ncn(Cc4ccccc4)c(=O)c32)c1. The summed E-state index contributed by atoms with van der Waals surface area (Å²) in [6.45, 7) is 2.51. The molecule has 1 N–H and O–H groups in total. The highest BCUT2D eigenvalue weighted by Crippen LogP contribution is 2.25. The van der Waals surface area contributed by atoms with E-state index in [-0.39, 0.29) is 18.0 Å². The molecule has 0 saturated heterocycles. The van der Waals surface area contributed by atoms with Crippen molar-refractivity contribution < 1.29 is 4.79 Å². The van der Waals surface area contributed by atoms with Crippen molar-refractivity contribution in [3.05, 3.63) is 107 Å². The van der Waals surface area contributed by atoms with Crippen LogP contribution in [0.25, 0.3) is 21.9 Å². The molecule has 5 aromatic rings. The van der Waals surface area contributed by atoms with Crippen LogP contribution in [0.4, 0.5) is 5.69 Å². The van der Waals surface area contributed by atoms with Gasteiger partial charge in [0.25, 0.3) is 5.56 Å². The number of fused-ring (bicyclic) bond motifs is 3. The van der Waals surface area contributed by atoms with E-state index < -0.39 is 0 Å². The Balaban J connectivity index is 1.56. The molecule has 0 fully saturated rings. The van der Waals surface area contributed by atoms with Crippen LogP contribution in [0, 0.1) is 0 Å². The molecule has 33 heavy (non-hydrogen) atoms. The third-order valence-corrected chi connectivity index (χ3v) is 5.85. The third kappa shape index (κ3) is 4.03. The quantitative estimate of drug-likeness (QED) is 0.423. The lowest BCUT2D eigenvalue weighted by atomic mass is 10.1. The Kier molecular flexibility index (Phi) is 5.48. The van der Waals surface area contributed by atoms with E-state index in [1.807, 2.05) is 78.9 Å². The second kappa shape index (κ2) is 8.74. The molecule has 1 amide bonds. The lowest BCUT2D eigenvalue weighted by Crippen LogP contribution is -2.25. The van der Waals surface area contributed by atoms with Gasteiger partial charge in [0.05, 0.1) is 18.4 Å². The Morgan fingerprint density at radius 3 is 2.52 bits per heavy atom. The van der Waals surface area contributed by atoms with Crippen molar-refractivity contribution in [2.24, 2.45) is 0 Å². The van der Waals surface area contributed by atoms with E-state index >= 15 is 0 Å². The Hall–Kier alpha value is -4.19. The highest BCUT2D eigenvalue weighted by Gasteiger charge is 2.18. The van der Waals surface area contributed by atoms with Crippen molar-refractivity contribution in [3.8, 4) is 0 Å². The highest BCUT2D eigenvalue weighted by molar-refractivity contribution is 6.06. The van der Waals surface area contributed by atoms with Crippen LogP contribution in [-0.2, 0) is 24.3 Å². The van der Waals surface area contributed by atoms with Crippen LogP contribution >= 0.6 is 0 Å². The summed E-state index contributed by atoms with van der Waals surface area (Å²) in [5, 5.41) is 3.83. The van der Waals surface area contributed by atoms with Crippen molar-refractivity contribution in [1.29, 1.82) is 0 Å². The standard InChI is InChI=1S/C27H24N4O2/c1-2-19-11-8-12-21(15-19)29-24(32)17-31-23-14-7-6-13-22(23)25-26(31)27(33)30(18-28-25)16-20-9-4-3-5-10-20/h3-15,18H,2,16-17H2,1H3,(H,29,32). The maximum atomic E-state index is 13.5. The molecule has 6 heteroatoms. The topological polar surface area (TPSA) is 68.9 Å². The molecule has 0 aliphatic carbocycles. The first-order valence-electron chi connectivity index (χ1n) is 11.0. The van der Waals surface area contributed by atoms with E-state index in [0.717, 1.165) is 34.1 Å². The van der Waals surface area contributed by atoms with Gasteiger partial charge in [0.15, 0.2) is 0 Å². The highest BCUT2D eigenvalue weighted by atomic mass is 16.2. The molecule has 6 nitrogen and oxygen atoms in total. The fourth-order valence-corrected chi connectivity index (χ4v) is 4.22. The Morgan fingerprint density at radius 2 is 1.70 bits per heavy atom. The van der Waals surface area contributed by atoms with Gasteiger partial charge in [0, 0.05) is 11.1 Å². The predicted octanol–water partition coefficient (Wildman–Crippen LogP) is 4.60. The molecular weight excluding hydrogens is 412 g/mol. The second-order valence-corrected chi connectivity index (χ2v) is 8.07. The minimum absolute atomic E-state index is 0.0205. The van der Waals surface area contributed by atoms with Crippen molar-refractivity contribution in [3.63, 3.8) is 0 Å². The van der Waals surface area contributed by atoms with Crippen molar-refractivity contribution in [1.82, 2.24) is 14.1 Å². The summed E-state index contributed by atoms with van der Waals surface area (Å²) >= 11 is 0. The lowest BCUT2D eigenvalue weighted by Gasteiger charge is -2.10. The number of rotatable bonds is 6. The maximum absolute atomic E-state index is 13.5. The van der Waals surface area contributed by atoms with Gasteiger partial charge in [-0.05, 0) is 35.7 Å². The molecule has 164 valence electrons. The first kappa shape index (κ1) is 20.7. The number of hydrogen-bond acceptors (Lipinski definition) is 3. The fraction of sp³-hybridized carbons (Fsp3) is 0.148. The van der Waals surface area contributed by atoms with Gasteiger partial charge < -0.3 is 9.88 Å². The molecule has 0 atom stereocenters. The van der Waals surface area contributed by atoms with Crippen LogP contribution in [0.3, 0.4) is 0 Å². The average molecular weight is 437 g/mol. The molecule has 0 aliphatic rings. The number of aryl methyl sites for hydroxylation is 1. The van der Waals surface area contributed by atoms with Crippen LogP contribution in [0.15, 0.2) is 90.0 Å². The Bertz CT molecular complexity index is 1520. The van der Waals surface area contributed by atoms with Crippen LogP contribution in [-0.4, -0.2) is 20.0 Å². The largest absolute Gasteiger partial charge is 0.325 e. The number of nitrogens with zero attached hydrogens (tertiary/aromatic N) is 3. The molecule has 2 heterocycles. The summed E-state index contributed by atoms with van der Waals surface area (Å²) in [5.41, 5.74) is 4.61. The second-order valence-electron chi connectivity index (χ2n) is 8.07. The predicted molar refractivity (Wildman–Crippen MR) is 131 cm³/mol. The molecule has 3 aromatic carbocycles. The van der Waals surface area contributed by atoms with Gasteiger partial charge in [-0.15, -0.1) is 0 Å². The molecule has 0 radical (unpaired) electrons. The zero-order valence-corrected chi connectivity index (χ0v) is 18.4. The van der Waals surface area contributed by atoms with Crippen LogP contribution in [0.2, 0.25) is 0 Å². The summed E-state index contributed by atoms with van der Waals surface area (Å²) in [7, 11) is 0. The molecule has 0 aliphatic heterocycles. The fourth-order valence-electron chi connectivity index (χ4n) is 4.22. The van der Waals surface area contributed by atoms with Gasteiger partial charge in [0.2, 0.25) is 5.91 Å². The summed E-state index contributed by atoms with van der Waals surface area (Å²) in [6.07, 6.45) is 2.48. The van der Waals surface area contributed by atoms with Gasteiger partial charge in [0.1, 0.15) is 17.6 Å². The zero-order valence-electron chi connectivity index (χ0n) is 18.4. The smallest absolute Gasteiger partial charge is 0.278 e. The number of nitrogens with one attached hydrogen (secondary N) is 1. The number of para-hydroxylation sites is 1. The number of anilines is 1. The number of benzene rings is 3. The first-order valence-corrected chi connectivity index (χ1v) is 11.0. The molecule has 5 rings (SSSR count). The average Bonchev–Trinajstić information content (AvgIpc) is 3.15. The monoisotopic (exact) mass is 436 g/mol. The molecule has 0 saturated carbocycles. The normalized spacial score (nSPS) is 11.2. The maximum Gasteiger partial charge on any atom is 0.278 e. The third-order valence-electron chi connectivity index (χ3n) is 5.85. The Labute approximate surface area is 191 Å². The van der Waals surface area contributed by atoms with Crippen LogP contribution in [0.5, 0.6) is 0 Å². The Morgan fingerprint density at radius 1 is 0.939 bits per heavy atom. The summed E-state index contributed by atoms with van der Waals surface area (Å²) in [6, 6.07) is 25.3. The molecular formula is C27H24N4O2. The van der Waals surface area contributed by atoms with Gasteiger partial charge in [-0.25, -0.2) is 4.98 Å². The number of carbonyl (C=O) groups excluding carboxylic acids is 1. The van der Waals surface area contributed by atoms with Crippen molar-refractivity contribution >= 4 is 33.5 Å². The van der Waals surface area contributed by atoms with Crippen LogP contribution < -0.4 is 10.9 Å². The number of aromatic nitrogens is 3. The van der Waals surface area contributed by atoms with Crippen LogP contribution in [0.1, 0.15) is 18.1 Å². The van der Waals surface area contributed by atoms with E-state index in [0.29, 0.717) is 17.6 Å².